The van der Waals surface area contributed by atoms with Gasteiger partial charge < -0.3 is 10.6 Å². The van der Waals surface area contributed by atoms with E-state index in [4.69, 9.17) is 0 Å². The van der Waals surface area contributed by atoms with Crippen molar-refractivity contribution in [2.45, 2.75) is 39.3 Å². The number of hydrogen-bond acceptors (Lipinski definition) is 4. The van der Waals surface area contributed by atoms with E-state index in [0.717, 1.165) is 34.6 Å². The van der Waals surface area contributed by atoms with Crippen molar-refractivity contribution < 1.29 is 4.79 Å². The predicted molar refractivity (Wildman–Crippen MR) is 86.3 cm³/mol. The first kappa shape index (κ1) is 14.5. The van der Waals surface area contributed by atoms with E-state index in [2.05, 4.69) is 35.5 Å². The Kier molecular flexibility index (Phi) is 3.95. The van der Waals surface area contributed by atoms with Crippen molar-refractivity contribution in [1.29, 1.82) is 0 Å². The summed E-state index contributed by atoms with van der Waals surface area (Å²) in [6, 6.07) is 7.95. The summed E-state index contributed by atoms with van der Waals surface area (Å²) in [5, 5.41) is 7.33. The van der Waals surface area contributed by atoms with Crippen LogP contribution in [0.15, 0.2) is 24.3 Å². The number of aromatic nitrogens is 1. The van der Waals surface area contributed by atoms with Crippen LogP contribution < -0.4 is 10.6 Å². The molecule has 1 aromatic carbocycles. The van der Waals surface area contributed by atoms with Crippen molar-refractivity contribution in [2.75, 3.05) is 6.54 Å². The number of amides is 1. The summed E-state index contributed by atoms with van der Waals surface area (Å²) in [4.78, 5) is 17.0. The zero-order valence-electron chi connectivity index (χ0n) is 12.5. The maximum Gasteiger partial charge on any atom is 0.238 e. The molecule has 1 atom stereocenters. The molecule has 5 heteroatoms. The lowest BCUT2D eigenvalue weighted by atomic mass is 9.77. The molecule has 1 aliphatic rings. The Morgan fingerprint density at radius 3 is 3.05 bits per heavy atom. The third-order valence-corrected chi connectivity index (χ3v) is 5.18. The van der Waals surface area contributed by atoms with E-state index in [9.17, 15) is 4.79 Å². The molecule has 21 heavy (non-hydrogen) atoms. The van der Waals surface area contributed by atoms with E-state index in [0.29, 0.717) is 6.54 Å². The summed E-state index contributed by atoms with van der Waals surface area (Å²) in [7, 11) is 0. The van der Waals surface area contributed by atoms with Gasteiger partial charge in [0.2, 0.25) is 5.91 Å². The van der Waals surface area contributed by atoms with Crippen molar-refractivity contribution in [3.63, 3.8) is 0 Å². The Morgan fingerprint density at radius 1 is 1.48 bits per heavy atom. The molecule has 2 heterocycles. The third-order valence-electron chi connectivity index (χ3n) is 4.14. The van der Waals surface area contributed by atoms with Crippen LogP contribution in [0.25, 0.3) is 10.2 Å². The predicted octanol–water partition coefficient (Wildman–Crippen LogP) is 2.69. The number of carbonyl (C=O) groups is 1. The molecular formula is C16H21N3OS. The van der Waals surface area contributed by atoms with E-state index in [1.54, 1.807) is 11.3 Å². The topological polar surface area (TPSA) is 54.0 Å². The van der Waals surface area contributed by atoms with Crippen molar-refractivity contribution >= 4 is 27.5 Å². The Morgan fingerprint density at radius 2 is 2.29 bits per heavy atom. The lowest BCUT2D eigenvalue weighted by Crippen LogP contribution is -2.55. The summed E-state index contributed by atoms with van der Waals surface area (Å²) in [6.07, 6.45) is 2.22. The molecule has 0 bridgehead atoms. The first-order valence-electron chi connectivity index (χ1n) is 7.42. The summed E-state index contributed by atoms with van der Waals surface area (Å²) in [5.41, 5.74) is 1.01. The second-order valence-corrected chi connectivity index (χ2v) is 7.39. The molecule has 1 saturated heterocycles. The zero-order valence-corrected chi connectivity index (χ0v) is 13.3. The number of benzene rings is 1. The van der Waals surface area contributed by atoms with Crippen LogP contribution in [0.3, 0.4) is 0 Å². The molecule has 0 radical (unpaired) electrons. The number of nitrogens with zero attached hydrogens (tertiary/aromatic N) is 1. The summed E-state index contributed by atoms with van der Waals surface area (Å²) in [5.74, 6) is 0.0824. The van der Waals surface area contributed by atoms with Crippen LogP contribution in [0, 0.1) is 5.41 Å². The molecule has 2 N–H and O–H groups in total. The monoisotopic (exact) mass is 303 g/mol. The molecule has 1 aliphatic heterocycles. The van der Waals surface area contributed by atoms with Crippen molar-refractivity contribution in [2.24, 2.45) is 5.41 Å². The lowest BCUT2D eigenvalue weighted by molar-refractivity contribution is -0.126. The highest BCUT2D eigenvalue weighted by atomic mass is 32.1. The minimum atomic E-state index is -0.111. The summed E-state index contributed by atoms with van der Waals surface area (Å²) in [6.45, 7) is 5.73. The summed E-state index contributed by atoms with van der Waals surface area (Å²) < 4.78 is 1.16. The van der Waals surface area contributed by atoms with Crippen LogP contribution in [-0.4, -0.2) is 23.5 Å². The van der Waals surface area contributed by atoms with Gasteiger partial charge in [0.1, 0.15) is 5.01 Å². The van der Waals surface area contributed by atoms with Gasteiger partial charge in [-0.2, -0.15) is 0 Å². The molecule has 1 aromatic heterocycles. The molecule has 0 spiro atoms. The van der Waals surface area contributed by atoms with Gasteiger partial charge in [-0.3, -0.25) is 4.79 Å². The third kappa shape index (κ3) is 3.09. The van der Waals surface area contributed by atoms with Gasteiger partial charge >= 0.3 is 0 Å². The van der Waals surface area contributed by atoms with E-state index in [1.807, 2.05) is 18.2 Å². The molecule has 1 unspecified atom stereocenters. The molecule has 3 rings (SSSR count). The average molecular weight is 303 g/mol. The second-order valence-electron chi connectivity index (χ2n) is 6.27. The van der Waals surface area contributed by atoms with Gasteiger partial charge in [0, 0.05) is 0 Å². The SMILES string of the molecule is CC1(C)CCCNC1C(=O)NCc1nc2ccccc2s1. The first-order chi connectivity index (χ1) is 10.1. The fraction of sp³-hybridized carbons (Fsp3) is 0.500. The van der Waals surface area contributed by atoms with Crippen LogP contribution in [-0.2, 0) is 11.3 Å². The molecule has 2 aromatic rings. The molecule has 112 valence electrons. The fourth-order valence-corrected chi connectivity index (χ4v) is 3.83. The Hall–Kier alpha value is -1.46. The van der Waals surface area contributed by atoms with Gasteiger partial charge in [0.15, 0.2) is 0 Å². The summed E-state index contributed by atoms with van der Waals surface area (Å²) >= 11 is 1.64. The molecule has 0 aliphatic carbocycles. The number of hydrogen-bond donors (Lipinski definition) is 2. The van der Waals surface area contributed by atoms with Crippen LogP contribution in [0.2, 0.25) is 0 Å². The van der Waals surface area contributed by atoms with E-state index in [1.165, 1.54) is 0 Å². The van der Waals surface area contributed by atoms with E-state index >= 15 is 0 Å². The van der Waals surface area contributed by atoms with Gasteiger partial charge in [0.25, 0.3) is 0 Å². The Bertz CT molecular complexity index is 617. The van der Waals surface area contributed by atoms with Gasteiger partial charge in [-0.1, -0.05) is 26.0 Å². The van der Waals surface area contributed by atoms with Crippen molar-refractivity contribution in [3.8, 4) is 0 Å². The van der Waals surface area contributed by atoms with Crippen LogP contribution in [0.5, 0.6) is 0 Å². The second kappa shape index (κ2) is 5.73. The molecular weight excluding hydrogens is 282 g/mol. The molecule has 1 fully saturated rings. The van der Waals surface area contributed by atoms with Gasteiger partial charge in [-0.25, -0.2) is 4.98 Å². The number of fused-ring (bicyclic) bond motifs is 1. The Balaban J connectivity index is 1.65. The zero-order chi connectivity index (χ0) is 14.9. The smallest absolute Gasteiger partial charge is 0.238 e. The standard InChI is InChI=1S/C16H21N3OS/c1-16(2)8-5-9-17-14(16)15(20)18-10-13-19-11-6-3-4-7-12(11)21-13/h3-4,6-7,14,17H,5,8-10H2,1-2H3,(H,18,20). The Labute approximate surface area is 129 Å². The first-order valence-corrected chi connectivity index (χ1v) is 8.23. The van der Waals surface area contributed by atoms with E-state index < -0.39 is 0 Å². The van der Waals surface area contributed by atoms with E-state index in [-0.39, 0.29) is 17.4 Å². The molecule has 1 amide bonds. The minimum absolute atomic E-state index is 0.00985. The van der Waals surface area contributed by atoms with Crippen molar-refractivity contribution in [1.82, 2.24) is 15.6 Å². The van der Waals surface area contributed by atoms with Gasteiger partial charge in [0.05, 0.1) is 22.8 Å². The average Bonchev–Trinajstić information content (AvgIpc) is 2.87. The van der Waals surface area contributed by atoms with Crippen molar-refractivity contribution in [3.05, 3.63) is 29.3 Å². The molecule has 0 saturated carbocycles. The lowest BCUT2D eigenvalue weighted by Gasteiger charge is -2.38. The van der Waals surface area contributed by atoms with Gasteiger partial charge in [-0.15, -0.1) is 11.3 Å². The highest BCUT2D eigenvalue weighted by Crippen LogP contribution is 2.30. The fourth-order valence-electron chi connectivity index (χ4n) is 2.92. The number of para-hydroxylation sites is 1. The quantitative estimate of drug-likeness (QED) is 0.916. The van der Waals surface area contributed by atoms with Crippen LogP contribution in [0.4, 0.5) is 0 Å². The maximum absolute atomic E-state index is 12.4. The number of nitrogens with one attached hydrogen (secondary N) is 2. The minimum Gasteiger partial charge on any atom is -0.348 e. The van der Waals surface area contributed by atoms with Crippen LogP contribution >= 0.6 is 11.3 Å². The molecule has 4 nitrogen and oxygen atoms in total. The van der Waals surface area contributed by atoms with Crippen LogP contribution in [0.1, 0.15) is 31.7 Å². The number of piperidine rings is 1. The number of carbonyl (C=O) groups excluding carboxylic acids is 1. The maximum atomic E-state index is 12.4. The highest BCUT2D eigenvalue weighted by Gasteiger charge is 2.36. The number of thiazole rings is 1. The normalized spacial score (nSPS) is 21.3. The highest BCUT2D eigenvalue weighted by molar-refractivity contribution is 7.18. The van der Waals surface area contributed by atoms with Gasteiger partial charge in [-0.05, 0) is 36.9 Å². The largest absolute Gasteiger partial charge is 0.348 e. The number of rotatable bonds is 3.